The molecule has 0 heterocycles. The molecule has 6 heteroatoms. The van der Waals surface area contributed by atoms with Crippen molar-refractivity contribution in [1.82, 2.24) is 5.43 Å². The Labute approximate surface area is 157 Å². The predicted octanol–water partition coefficient (Wildman–Crippen LogP) is 3.51. The number of carbonyl (C=O) groups is 1. The smallest absolute Gasteiger partial charge is 0.259 e. The number of fused-ring (bicyclic) bond motifs is 1. The Morgan fingerprint density at radius 3 is 2.70 bits per heavy atom. The maximum absolute atomic E-state index is 11.9. The van der Waals surface area contributed by atoms with Crippen LogP contribution in [0.2, 0.25) is 0 Å². The number of hydrogen-bond acceptors (Lipinski definition) is 5. The van der Waals surface area contributed by atoms with E-state index in [1.54, 1.807) is 12.1 Å². The fourth-order valence-electron chi connectivity index (χ4n) is 2.59. The Kier molecular flexibility index (Phi) is 5.89. The highest BCUT2D eigenvalue weighted by atomic mass is 16.5. The normalized spacial score (nSPS) is 10.9. The molecule has 0 fully saturated rings. The lowest BCUT2D eigenvalue weighted by molar-refractivity contribution is -0.119. The van der Waals surface area contributed by atoms with Crippen LogP contribution in [0.1, 0.15) is 12.5 Å². The van der Waals surface area contributed by atoms with E-state index < -0.39 is 0 Å². The number of aromatic hydroxyl groups is 1. The van der Waals surface area contributed by atoms with E-state index in [0.717, 1.165) is 16.5 Å². The Bertz CT molecular complexity index is 970. The molecule has 0 aliphatic carbocycles. The molecule has 27 heavy (non-hydrogen) atoms. The highest BCUT2D eigenvalue weighted by Crippen LogP contribution is 2.26. The van der Waals surface area contributed by atoms with Gasteiger partial charge >= 0.3 is 0 Å². The van der Waals surface area contributed by atoms with Gasteiger partial charge in [0.15, 0.2) is 11.5 Å². The van der Waals surface area contributed by atoms with Gasteiger partial charge in [0.1, 0.15) is 0 Å². The van der Waals surface area contributed by atoms with Crippen molar-refractivity contribution in [1.29, 1.82) is 0 Å². The fraction of sp³-hybridized carbons (Fsp3) is 0.143. The lowest BCUT2D eigenvalue weighted by Crippen LogP contribution is -2.25. The van der Waals surface area contributed by atoms with Gasteiger partial charge in [0.2, 0.25) is 0 Å². The van der Waals surface area contributed by atoms with Crippen LogP contribution in [0, 0.1) is 0 Å². The van der Waals surface area contributed by atoms with Gasteiger partial charge in [-0.15, -0.1) is 0 Å². The second kappa shape index (κ2) is 8.71. The third-order valence-electron chi connectivity index (χ3n) is 3.89. The van der Waals surface area contributed by atoms with Crippen molar-refractivity contribution >= 4 is 28.6 Å². The van der Waals surface area contributed by atoms with Crippen LogP contribution in [0.15, 0.2) is 65.8 Å². The third-order valence-corrected chi connectivity index (χ3v) is 3.89. The molecule has 0 unspecified atom stereocenters. The summed E-state index contributed by atoms with van der Waals surface area (Å²) in [5, 5.41) is 19.1. The Morgan fingerprint density at radius 1 is 1.11 bits per heavy atom. The van der Waals surface area contributed by atoms with Gasteiger partial charge in [-0.2, -0.15) is 5.10 Å². The molecular weight excluding hydrogens is 342 g/mol. The van der Waals surface area contributed by atoms with E-state index in [-0.39, 0.29) is 18.2 Å². The molecule has 3 aromatic carbocycles. The zero-order chi connectivity index (χ0) is 19.1. The molecule has 138 valence electrons. The van der Waals surface area contributed by atoms with Gasteiger partial charge in [-0.1, -0.05) is 30.3 Å². The highest BCUT2D eigenvalue weighted by molar-refractivity contribution is 5.87. The molecule has 0 spiro atoms. The van der Waals surface area contributed by atoms with E-state index in [1.807, 2.05) is 49.4 Å². The number of anilines is 1. The molecule has 1 amide bonds. The summed E-state index contributed by atoms with van der Waals surface area (Å²) in [6.45, 7) is 2.42. The average Bonchev–Trinajstić information content (AvgIpc) is 2.68. The molecule has 0 radical (unpaired) electrons. The van der Waals surface area contributed by atoms with Gasteiger partial charge in [-0.05, 0) is 53.6 Å². The van der Waals surface area contributed by atoms with Crippen LogP contribution >= 0.6 is 0 Å². The summed E-state index contributed by atoms with van der Waals surface area (Å²) in [5.74, 6) is 0.179. The maximum atomic E-state index is 11.9. The standard InChI is InChI=1S/C21H21N3O3/c1-2-27-20-10-7-15(11-19(20)25)13-23-24-21(26)14-22-18-9-8-16-5-3-4-6-17(16)12-18/h3-13,22,25H,2,14H2,1H3,(H,24,26)/b23-13-. The molecule has 6 nitrogen and oxygen atoms in total. The molecule has 0 atom stereocenters. The molecule has 0 aliphatic heterocycles. The topological polar surface area (TPSA) is 83.0 Å². The first-order valence-corrected chi connectivity index (χ1v) is 8.66. The monoisotopic (exact) mass is 363 g/mol. The maximum Gasteiger partial charge on any atom is 0.259 e. The van der Waals surface area contributed by atoms with Crippen LogP contribution in [-0.2, 0) is 4.79 Å². The van der Waals surface area contributed by atoms with E-state index in [4.69, 9.17) is 4.74 Å². The van der Waals surface area contributed by atoms with E-state index in [1.165, 1.54) is 12.3 Å². The summed E-state index contributed by atoms with van der Waals surface area (Å²) in [6, 6.07) is 18.9. The predicted molar refractivity (Wildman–Crippen MR) is 107 cm³/mol. The first-order valence-electron chi connectivity index (χ1n) is 8.66. The molecule has 3 rings (SSSR count). The van der Waals surface area contributed by atoms with Gasteiger partial charge in [-0.3, -0.25) is 4.79 Å². The van der Waals surface area contributed by atoms with Crippen LogP contribution in [0.4, 0.5) is 5.69 Å². The van der Waals surface area contributed by atoms with Crippen molar-refractivity contribution in [2.45, 2.75) is 6.92 Å². The van der Waals surface area contributed by atoms with Crippen LogP contribution in [0.3, 0.4) is 0 Å². The lowest BCUT2D eigenvalue weighted by Gasteiger charge is -2.07. The van der Waals surface area contributed by atoms with Gasteiger partial charge in [-0.25, -0.2) is 5.43 Å². The van der Waals surface area contributed by atoms with Crippen LogP contribution in [0.5, 0.6) is 11.5 Å². The molecule has 0 bridgehead atoms. The Hall–Kier alpha value is -3.54. The first-order chi connectivity index (χ1) is 13.2. The number of hydrogen-bond donors (Lipinski definition) is 3. The first kappa shape index (κ1) is 18.3. The number of hydrazone groups is 1. The number of amides is 1. The van der Waals surface area contributed by atoms with E-state index >= 15 is 0 Å². The second-order valence-electron chi connectivity index (χ2n) is 5.87. The number of phenolic OH excluding ortho intramolecular Hbond substituents is 1. The number of benzene rings is 3. The minimum absolute atomic E-state index is 0.0325. The van der Waals surface area contributed by atoms with Gasteiger partial charge < -0.3 is 15.2 Å². The number of nitrogens with zero attached hydrogens (tertiary/aromatic N) is 1. The van der Waals surface area contributed by atoms with Crippen molar-refractivity contribution in [3.63, 3.8) is 0 Å². The van der Waals surface area contributed by atoms with Gasteiger partial charge in [0, 0.05) is 5.69 Å². The summed E-state index contributed by atoms with van der Waals surface area (Å²) in [5.41, 5.74) is 3.97. The summed E-state index contributed by atoms with van der Waals surface area (Å²) < 4.78 is 5.26. The van der Waals surface area contributed by atoms with Crippen molar-refractivity contribution < 1.29 is 14.6 Å². The number of phenols is 1. The van der Waals surface area contributed by atoms with Gasteiger partial charge in [0.05, 0.1) is 19.4 Å². The van der Waals surface area contributed by atoms with Crippen molar-refractivity contribution in [2.24, 2.45) is 5.10 Å². The van der Waals surface area contributed by atoms with Crippen LogP contribution in [-0.4, -0.2) is 30.4 Å². The summed E-state index contributed by atoms with van der Waals surface area (Å²) in [6.07, 6.45) is 1.46. The largest absolute Gasteiger partial charge is 0.504 e. The van der Waals surface area contributed by atoms with Crippen molar-refractivity contribution in [2.75, 3.05) is 18.5 Å². The molecule has 0 saturated heterocycles. The number of rotatable bonds is 7. The zero-order valence-corrected chi connectivity index (χ0v) is 15.0. The Balaban J connectivity index is 1.51. The molecular formula is C21H21N3O3. The van der Waals surface area contributed by atoms with Crippen LogP contribution in [0.25, 0.3) is 10.8 Å². The SMILES string of the molecule is CCOc1ccc(/C=N\NC(=O)CNc2ccc3ccccc3c2)cc1O. The van der Waals surface area contributed by atoms with Crippen LogP contribution < -0.4 is 15.5 Å². The summed E-state index contributed by atoms with van der Waals surface area (Å²) >= 11 is 0. The summed E-state index contributed by atoms with van der Waals surface area (Å²) in [7, 11) is 0. The zero-order valence-electron chi connectivity index (χ0n) is 15.0. The van der Waals surface area contributed by atoms with Crippen molar-refractivity contribution in [3.8, 4) is 11.5 Å². The van der Waals surface area contributed by atoms with Crippen molar-refractivity contribution in [3.05, 3.63) is 66.2 Å². The lowest BCUT2D eigenvalue weighted by atomic mass is 10.1. The number of nitrogens with one attached hydrogen (secondary N) is 2. The molecule has 3 aromatic rings. The second-order valence-corrected chi connectivity index (χ2v) is 5.87. The minimum Gasteiger partial charge on any atom is -0.504 e. The van der Waals surface area contributed by atoms with E-state index in [0.29, 0.717) is 17.9 Å². The third kappa shape index (κ3) is 4.98. The summed E-state index contributed by atoms with van der Waals surface area (Å²) in [4.78, 5) is 11.9. The average molecular weight is 363 g/mol. The highest BCUT2D eigenvalue weighted by Gasteiger charge is 2.03. The molecule has 0 saturated carbocycles. The Morgan fingerprint density at radius 2 is 1.93 bits per heavy atom. The van der Waals surface area contributed by atoms with E-state index in [2.05, 4.69) is 15.8 Å². The van der Waals surface area contributed by atoms with Gasteiger partial charge in [0.25, 0.3) is 5.91 Å². The number of ether oxygens (including phenoxy) is 1. The number of carbonyl (C=O) groups excluding carboxylic acids is 1. The molecule has 0 aromatic heterocycles. The fourth-order valence-corrected chi connectivity index (χ4v) is 2.59. The molecule has 0 aliphatic rings. The quantitative estimate of drug-likeness (QED) is 0.443. The molecule has 3 N–H and O–H groups in total. The van der Waals surface area contributed by atoms with E-state index in [9.17, 15) is 9.90 Å². The minimum atomic E-state index is -0.269.